The van der Waals surface area contributed by atoms with Crippen LogP contribution in [-0.2, 0) is 28.8 Å². The molecule has 1 saturated heterocycles. The van der Waals surface area contributed by atoms with E-state index in [1.54, 1.807) is 18.2 Å². The van der Waals surface area contributed by atoms with Gasteiger partial charge in [0, 0.05) is 12.5 Å². The standard InChI is InChI=1S/C31H38O11/c1-15(2)5-8-18-11-17(7-10-21(18)32)12-23(34)25(35)20-13-19(9-6-16(3)4)24(14-22(20)33)41-31-28(38)26(36)27(37)29(42-31)30(39)40/h5-7,10-11,13-14,23,26-29,31-34,36-38H,8-9,12H2,1-4H3,(H,39,40). The number of carbonyl (C=O) groups is 2. The third-order valence-corrected chi connectivity index (χ3v) is 6.84. The van der Waals surface area contributed by atoms with E-state index in [2.05, 4.69) is 0 Å². The fourth-order valence-corrected chi connectivity index (χ4v) is 4.41. The molecule has 1 fully saturated rings. The van der Waals surface area contributed by atoms with Crippen LogP contribution in [0.2, 0.25) is 0 Å². The molecule has 3 rings (SSSR count). The summed E-state index contributed by atoms with van der Waals surface area (Å²) in [4.78, 5) is 24.7. The highest BCUT2D eigenvalue weighted by Gasteiger charge is 2.48. The van der Waals surface area contributed by atoms with Crippen molar-refractivity contribution in [2.75, 3.05) is 0 Å². The first-order valence-electron chi connectivity index (χ1n) is 13.4. The van der Waals surface area contributed by atoms with Crippen LogP contribution in [0.15, 0.2) is 53.6 Å². The largest absolute Gasteiger partial charge is 0.508 e. The molecule has 6 unspecified atom stereocenters. The van der Waals surface area contributed by atoms with Crippen molar-refractivity contribution in [2.45, 2.75) is 83.8 Å². The molecule has 2 aromatic rings. The zero-order valence-corrected chi connectivity index (χ0v) is 23.9. The Kier molecular flexibility index (Phi) is 10.9. The van der Waals surface area contributed by atoms with E-state index in [-0.39, 0.29) is 29.9 Å². The summed E-state index contributed by atoms with van der Waals surface area (Å²) in [6.45, 7) is 7.54. The maximum absolute atomic E-state index is 13.3. The highest BCUT2D eigenvalue weighted by molar-refractivity contribution is 6.02. The van der Waals surface area contributed by atoms with Gasteiger partial charge in [0.1, 0.15) is 41.7 Å². The van der Waals surface area contributed by atoms with Crippen molar-refractivity contribution >= 4 is 11.8 Å². The van der Waals surface area contributed by atoms with Gasteiger partial charge in [-0.2, -0.15) is 0 Å². The van der Waals surface area contributed by atoms with Crippen molar-refractivity contribution in [1.29, 1.82) is 0 Å². The third kappa shape index (κ3) is 7.96. The monoisotopic (exact) mass is 586 g/mol. The number of carbonyl (C=O) groups excluding carboxylic acids is 1. The topological polar surface area (TPSA) is 194 Å². The number of aliphatic hydroxyl groups is 4. The van der Waals surface area contributed by atoms with Gasteiger partial charge in [-0.1, -0.05) is 35.4 Å². The van der Waals surface area contributed by atoms with Crippen LogP contribution in [0, 0.1) is 0 Å². The van der Waals surface area contributed by atoms with Gasteiger partial charge < -0.3 is 45.2 Å². The van der Waals surface area contributed by atoms with Gasteiger partial charge in [-0.3, -0.25) is 4.79 Å². The Morgan fingerprint density at radius 1 is 0.881 bits per heavy atom. The second-order valence-corrected chi connectivity index (χ2v) is 10.8. The molecule has 1 aliphatic rings. The second kappa shape index (κ2) is 14.0. The summed E-state index contributed by atoms with van der Waals surface area (Å²) in [7, 11) is 0. The normalized spacial score (nSPS) is 22.6. The number of Topliss-reactive ketones (excluding diaryl/α,β-unsaturated/α-hetero) is 1. The Morgan fingerprint density at radius 2 is 1.50 bits per heavy atom. The molecular formula is C31H38O11. The van der Waals surface area contributed by atoms with Crippen LogP contribution in [0.4, 0.5) is 0 Å². The van der Waals surface area contributed by atoms with E-state index >= 15 is 0 Å². The summed E-state index contributed by atoms with van der Waals surface area (Å²) in [6, 6.07) is 7.19. The molecule has 7 N–H and O–H groups in total. The van der Waals surface area contributed by atoms with Crippen LogP contribution in [0.3, 0.4) is 0 Å². The van der Waals surface area contributed by atoms with E-state index in [4.69, 9.17) is 9.47 Å². The lowest BCUT2D eigenvalue weighted by Gasteiger charge is -2.38. The Labute approximate surface area is 243 Å². The maximum atomic E-state index is 13.3. The molecule has 6 atom stereocenters. The van der Waals surface area contributed by atoms with E-state index in [9.17, 15) is 45.3 Å². The van der Waals surface area contributed by atoms with Crippen LogP contribution in [0.5, 0.6) is 17.2 Å². The number of rotatable bonds is 11. The number of hydrogen-bond donors (Lipinski definition) is 7. The summed E-state index contributed by atoms with van der Waals surface area (Å²) in [5, 5.41) is 71.5. The molecule has 0 aliphatic carbocycles. The third-order valence-electron chi connectivity index (χ3n) is 6.84. The summed E-state index contributed by atoms with van der Waals surface area (Å²) in [5.74, 6) is -2.88. The molecule has 1 heterocycles. The minimum absolute atomic E-state index is 0.0738. The van der Waals surface area contributed by atoms with Gasteiger partial charge in [-0.05, 0) is 69.4 Å². The average molecular weight is 587 g/mol. The summed E-state index contributed by atoms with van der Waals surface area (Å²) >= 11 is 0. The zero-order valence-electron chi connectivity index (χ0n) is 23.9. The molecule has 228 valence electrons. The Balaban J connectivity index is 1.90. The fraction of sp³-hybridized carbons (Fsp3) is 0.419. The molecular weight excluding hydrogens is 548 g/mol. The average Bonchev–Trinajstić information content (AvgIpc) is 2.92. The number of phenolic OH excluding ortho intramolecular Hbond substituents is 2. The number of ketones is 1. The van der Waals surface area contributed by atoms with Gasteiger partial charge in [-0.15, -0.1) is 0 Å². The summed E-state index contributed by atoms with van der Waals surface area (Å²) < 4.78 is 10.9. The first kappa shape index (κ1) is 32.8. The van der Waals surface area contributed by atoms with Crippen molar-refractivity contribution < 1.29 is 54.8 Å². The van der Waals surface area contributed by atoms with E-state index in [0.717, 1.165) is 17.2 Å². The number of ether oxygens (including phenoxy) is 2. The zero-order chi connectivity index (χ0) is 31.3. The number of allylic oxidation sites excluding steroid dienone is 4. The Hall–Kier alpha value is -3.74. The number of aliphatic carboxylic acids is 1. The van der Waals surface area contributed by atoms with E-state index in [1.807, 2.05) is 33.8 Å². The lowest BCUT2D eigenvalue weighted by Crippen LogP contribution is -2.61. The highest BCUT2D eigenvalue weighted by Crippen LogP contribution is 2.34. The molecule has 42 heavy (non-hydrogen) atoms. The number of aliphatic hydroxyl groups excluding tert-OH is 4. The van der Waals surface area contributed by atoms with Crippen molar-refractivity contribution in [2.24, 2.45) is 0 Å². The van der Waals surface area contributed by atoms with Crippen LogP contribution < -0.4 is 4.74 Å². The molecule has 0 amide bonds. The number of aromatic hydroxyl groups is 2. The molecule has 11 heteroatoms. The van der Waals surface area contributed by atoms with E-state index in [1.165, 1.54) is 12.1 Å². The fourth-order valence-electron chi connectivity index (χ4n) is 4.41. The lowest BCUT2D eigenvalue weighted by atomic mass is 9.95. The number of phenols is 2. The van der Waals surface area contributed by atoms with Gasteiger partial charge in [0.2, 0.25) is 6.29 Å². The molecule has 0 bridgehead atoms. The van der Waals surface area contributed by atoms with E-state index < -0.39 is 54.3 Å². The van der Waals surface area contributed by atoms with Crippen LogP contribution in [0.25, 0.3) is 0 Å². The van der Waals surface area contributed by atoms with Gasteiger partial charge >= 0.3 is 5.97 Å². The lowest BCUT2D eigenvalue weighted by molar-refractivity contribution is -0.271. The SMILES string of the molecule is CC(C)=CCc1cc(CC(O)C(=O)c2cc(CC=C(C)C)c(OC3OC(C(=O)O)C(O)C(O)C3O)cc2O)ccc1O. The van der Waals surface area contributed by atoms with Crippen LogP contribution >= 0.6 is 0 Å². The number of carboxylic acid groups (broad SMARTS) is 1. The minimum Gasteiger partial charge on any atom is -0.508 e. The van der Waals surface area contributed by atoms with Crippen molar-refractivity contribution in [3.63, 3.8) is 0 Å². The number of benzene rings is 2. The number of carboxylic acids is 1. The molecule has 11 nitrogen and oxygen atoms in total. The van der Waals surface area contributed by atoms with Gasteiger partial charge in [0.15, 0.2) is 11.9 Å². The Morgan fingerprint density at radius 3 is 2.10 bits per heavy atom. The predicted octanol–water partition coefficient (Wildman–Crippen LogP) is 2.17. The first-order valence-corrected chi connectivity index (χ1v) is 13.4. The summed E-state index contributed by atoms with van der Waals surface area (Å²) in [6.07, 6.45) is -6.45. The molecule has 2 aromatic carbocycles. The van der Waals surface area contributed by atoms with Crippen LogP contribution in [-0.4, -0.2) is 84.3 Å². The van der Waals surface area contributed by atoms with Gasteiger partial charge in [0.05, 0.1) is 5.56 Å². The second-order valence-electron chi connectivity index (χ2n) is 10.8. The quantitative estimate of drug-likeness (QED) is 0.151. The van der Waals surface area contributed by atoms with Crippen LogP contribution in [0.1, 0.15) is 54.7 Å². The highest BCUT2D eigenvalue weighted by atomic mass is 16.7. The molecule has 0 aromatic heterocycles. The number of hydrogen-bond acceptors (Lipinski definition) is 10. The summed E-state index contributed by atoms with van der Waals surface area (Å²) in [5.41, 5.74) is 3.36. The minimum atomic E-state index is -1.91. The Bertz CT molecular complexity index is 1350. The predicted molar refractivity (Wildman–Crippen MR) is 151 cm³/mol. The van der Waals surface area contributed by atoms with Gasteiger partial charge in [0.25, 0.3) is 0 Å². The molecule has 0 radical (unpaired) electrons. The van der Waals surface area contributed by atoms with Crippen molar-refractivity contribution in [3.8, 4) is 17.2 Å². The molecule has 1 aliphatic heterocycles. The molecule has 0 saturated carbocycles. The van der Waals surface area contributed by atoms with Crippen molar-refractivity contribution in [3.05, 3.63) is 75.9 Å². The smallest absolute Gasteiger partial charge is 0.335 e. The van der Waals surface area contributed by atoms with Crippen molar-refractivity contribution in [1.82, 2.24) is 0 Å². The first-order chi connectivity index (χ1) is 19.7. The van der Waals surface area contributed by atoms with Gasteiger partial charge in [-0.25, -0.2) is 4.79 Å². The molecule has 0 spiro atoms. The van der Waals surface area contributed by atoms with E-state index in [0.29, 0.717) is 23.1 Å². The maximum Gasteiger partial charge on any atom is 0.335 e.